The van der Waals surface area contributed by atoms with Gasteiger partial charge >= 0.3 is 5.69 Å². The molecule has 1 saturated carbocycles. The molecule has 1 aliphatic carbocycles. The number of hydrogen-bond donors (Lipinski definition) is 1. The van der Waals surface area contributed by atoms with Gasteiger partial charge in [-0.05, 0) is 24.7 Å². The molecule has 0 bridgehead atoms. The fourth-order valence-electron chi connectivity index (χ4n) is 2.80. The molecule has 1 N–H and O–H groups in total. The first-order valence-corrected chi connectivity index (χ1v) is 6.71. The van der Waals surface area contributed by atoms with Gasteiger partial charge in [-0.1, -0.05) is 20.3 Å². The number of aromatic nitrogens is 3. The Morgan fingerprint density at radius 3 is 2.63 bits per heavy atom. The molecule has 1 aromatic heterocycles. The SMILES string of the molecule is Cn1nc(NC2CCCC(C)(C)C2)c(=O)n(C)c1=O. The van der Waals surface area contributed by atoms with Gasteiger partial charge in [0.05, 0.1) is 0 Å². The number of aryl methyl sites for hydroxylation is 1. The highest BCUT2D eigenvalue weighted by Gasteiger charge is 2.28. The molecule has 0 amide bonds. The quantitative estimate of drug-likeness (QED) is 0.862. The number of anilines is 1. The minimum Gasteiger partial charge on any atom is -0.361 e. The summed E-state index contributed by atoms with van der Waals surface area (Å²) in [5.74, 6) is 0.271. The molecule has 1 aliphatic rings. The van der Waals surface area contributed by atoms with Gasteiger partial charge in [0.25, 0.3) is 5.56 Å². The average Bonchev–Trinajstić information content (AvgIpc) is 2.32. The highest BCUT2D eigenvalue weighted by molar-refractivity contribution is 5.31. The van der Waals surface area contributed by atoms with E-state index in [9.17, 15) is 9.59 Å². The number of rotatable bonds is 2. The van der Waals surface area contributed by atoms with Gasteiger partial charge in [0.2, 0.25) is 5.82 Å². The summed E-state index contributed by atoms with van der Waals surface area (Å²) >= 11 is 0. The molecular formula is C13H22N4O2. The zero-order valence-corrected chi connectivity index (χ0v) is 12.1. The number of hydrogen-bond acceptors (Lipinski definition) is 4. The van der Waals surface area contributed by atoms with Crippen molar-refractivity contribution >= 4 is 5.82 Å². The van der Waals surface area contributed by atoms with Gasteiger partial charge in [0.15, 0.2) is 0 Å². The van der Waals surface area contributed by atoms with E-state index in [1.807, 2.05) is 0 Å². The van der Waals surface area contributed by atoms with Crippen molar-refractivity contribution in [2.45, 2.75) is 45.6 Å². The maximum Gasteiger partial charge on any atom is 0.346 e. The fraction of sp³-hybridized carbons (Fsp3) is 0.769. The maximum absolute atomic E-state index is 12.0. The summed E-state index contributed by atoms with van der Waals surface area (Å²) in [6, 6.07) is 0.251. The predicted octanol–water partition coefficient (Wildman–Crippen LogP) is 0.860. The first kappa shape index (κ1) is 13.8. The van der Waals surface area contributed by atoms with E-state index in [-0.39, 0.29) is 17.4 Å². The largest absolute Gasteiger partial charge is 0.361 e. The van der Waals surface area contributed by atoms with Crippen molar-refractivity contribution < 1.29 is 0 Å². The molecule has 1 atom stereocenters. The second kappa shape index (κ2) is 4.83. The molecule has 0 aliphatic heterocycles. The number of nitrogens with zero attached hydrogens (tertiary/aromatic N) is 3. The first-order valence-electron chi connectivity index (χ1n) is 6.71. The Kier molecular flexibility index (Phi) is 3.52. The van der Waals surface area contributed by atoms with Crippen molar-refractivity contribution in [1.29, 1.82) is 0 Å². The van der Waals surface area contributed by atoms with Crippen molar-refractivity contribution in [2.24, 2.45) is 19.5 Å². The van der Waals surface area contributed by atoms with Gasteiger partial charge in [-0.15, -0.1) is 5.10 Å². The molecule has 1 aromatic rings. The standard InChI is InChI=1S/C13H22N4O2/c1-13(2)7-5-6-9(8-13)14-10-11(18)16(3)12(19)17(4)15-10/h9H,5-8H2,1-4H3,(H,14,15). The molecule has 0 saturated heterocycles. The van der Waals surface area contributed by atoms with Crippen molar-refractivity contribution in [3.63, 3.8) is 0 Å². The van der Waals surface area contributed by atoms with Crippen LogP contribution in [0.3, 0.4) is 0 Å². The summed E-state index contributed by atoms with van der Waals surface area (Å²) in [6.45, 7) is 4.49. The van der Waals surface area contributed by atoms with Crippen LogP contribution in [-0.4, -0.2) is 20.4 Å². The van der Waals surface area contributed by atoms with Gasteiger partial charge in [-0.3, -0.25) is 9.36 Å². The van der Waals surface area contributed by atoms with Gasteiger partial charge in [-0.2, -0.15) is 0 Å². The van der Waals surface area contributed by atoms with E-state index < -0.39 is 5.69 Å². The smallest absolute Gasteiger partial charge is 0.346 e. The van der Waals surface area contributed by atoms with Crippen LogP contribution in [-0.2, 0) is 14.1 Å². The van der Waals surface area contributed by atoms with E-state index in [4.69, 9.17) is 0 Å². The Hall–Kier alpha value is -1.59. The van der Waals surface area contributed by atoms with Crippen molar-refractivity contribution in [3.05, 3.63) is 20.8 Å². The molecule has 19 heavy (non-hydrogen) atoms. The molecule has 0 spiro atoms. The first-order chi connectivity index (χ1) is 8.80. The van der Waals surface area contributed by atoms with E-state index in [1.165, 1.54) is 18.2 Å². The zero-order chi connectivity index (χ0) is 14.2. The van der Waals surface area contributed by atoms with Crippen molar-refractivity contribution in [3.8, 4) is 0 Å². The van der Waals surface area contributed by atoms with E-state index in [0.29, 0.717) is 5.41 Å². The minimum atomic E-state index is -0.403. The van der Waals surface area contributed by atoms with E-state index >= 15 is 0 Å². The van der Waals surface area contributed by atoms with Crippen LogP contribution in [0.2, 0.25) is 0 Å². The lowest BCUT2D eigenvalue weighted by molar-refractivity contribution is 0.229. The summed E-state index contributed by atoms with van der Waals surface area (Å²) in [6.07, 6.45) is 4.42. The van der Waals surface area contributed by atoms with Crippen LogP contribution in [0.15, 0.2) is 9.59 Å². The summed E-state index contributed by atoms with van der Waals surface area (Å²) < 4.78 is 2.28. The third-order valence-electron chi connectivity index (χ3n) is 3.87. The lowest BCUT2D eigenvalue weighted by Gasteiger charge is -2.35. The Bertz CT molecular complexity index is 585. The van der Waals surface area contributed by atoms with Crippen LogP contribution >= 0.6 is 0 Å². The summed E-state index contributed by atoms with van der Waals surface area (Å²) in [4.78, 5) is 23.6. The Labute approximate surface area is 112 Å². The van der Waals surface area contributed by atoms with E-state index in [1.54, 1.807) is 7.05 Å². The molecule has 6 heteroatoms. The molecule has 106 valence electrons. The normalized spacial score (nSPS) is 22.2. The lowest BCUT2D eigenvalue weighted by atomic mass is 9.75. The van der Waals surface area contributed by atoms with Gasteiger partial charge < -0.3 is 5.32 Å². The van der Waals surface area contributed by atoms with Crippen molar-refractivity contribution in [2.75, 3.05) is 5.32 Å². The molecule has 0 radical (unpaired) electrons. The van der Waals surface area contributed by atoms with Gasteiger partial charge in [0, 0.05) is 20.1 Å². The third kappa shape index (κ3) is 2.88. The monoisotopic (exact) mass is 266 g/mol. The Balaban J connectivity index is 2.25. The topological polar surface area (TPSA) is 68.9 Å². The molecule has 1 fully saturated rings. The molecule has 0 aromatic carbocycles. The average molecular weight is 266 g/mol. The van der Waals surface area contributed by atoms with E-state index in [0.717, 1.165) is 23.8 Å². The van der Waals surface area contributed by atoms with Gasteiger partial charge in [-0.25, -0.2) is 9.48 Å². The molecule has 1 unspecified atom stereocenters. The van der Waals surface area contributed by atoms with Crippen LogP contribution in [0, 0.1) is 5.41 Å². The third-order valence-corrected chi connectivity index (χ3v) is 3.87. The highest BCUT2D eigenvalue weighted by Crippen LogP contribution is 2.35. The van der Waals surface area contributed by atoms with Crippen LogP contribution in [0.5, 0.6) is 0 Å². The minimum absolute atomic E-state index is 0.251. The Morgan fingerprint density at radius 2 is 2.00 bits per heavy atom. The Morgan fingerprint density at radius 1 is 1.32 bits per heavy atom. The lowest BCUT2D eigenvalue weighted by Crippen LogP contribution is -2.42. The molecular weight excluding hydrogens is 244 g/mol. The predicted molar refractivity (Wildman–Crippen MR) is 74.4 cm³/mol. The second-order valence-corrected chi connectivity index (χ2v) is 6.22. The summed E-state index contributed by atoms with van der Waals surface area (Å²) in [5, 5.41) is 7.24. The fourth-order valence-corrected chi connectivity index (χ4v) is 2.80. The van der Waals surface area contributed by atoms with Gasteiger partial charge in [0.1, 0.15) is 0 Å². The summed E-state index contributed by atoms with van der Waals surface area (Å²) in [5.41, 5.74) is -0.465. The van der Waals surface area contributed by atoms with Crippen molar-refractivity contribution in [1.82, 2.24) is 14.3 Å². The number of nitrogens with one attached hydrogen (secondary N) is 1. The van der Waals surface area contributed by atoms with Crippen LogP contribution in [0.25, 0.3) is 0 Å². The summed E-state index contributed by atoms with van der Waals surface area (Å²) in [7, 11) is 3.03. The van der Waals surface area contributed by atoms with Crippen LogP contribution in [0.4, 0.5) is 5.82 Å². The van der Waals surface area contributed by atoms with Crippen LogP contribution in [0.1, 0.15) is 39.5 Å². The molecule has 6 nitrogen and oxygen atoms in total. The zero-order valence-electron chi connectivity index (χ0n) is 12.1. The maximum atomic E-state index is 12.0. The highest BCUT2D eigenvalue weighted by atomic mass is 16.2. The van der Waals surface area contributed by atoms with Crippen LogP contribution < -0.4 is 16.6 Å². The second-order valence-electron chi connectivity index (χ2n) is 6.22. The molecule has 2 rings (SSSR count). The van der Waals surface area contributed by atoms with E-state index in [2.05, 4.69) is 24.3 Å². The molecule has 1 heterocycles.